The molecule has 29 heavy (non-hydrogen) atoms. The minimum atomic E-state index is -2.88. The fourth-order valence-electron chi connectivity index (χ4n) is 2.99. The third kappa shape index (κ3) is 6.29. The molecule has 0 saturated heterocycles. The van der Waals surface area contributed by atoms with E-state index >= 15 is 0 Å². The smallest absolute Gasteiger partial charge is 0.387 e. The Kier molecular flexibility index (Phi) is 7.19. The lowest BCUT2D eigenvalue weighted by Gasteiger charge is -2.20. The van der Waals surface area contributed by atoms with E-state index in [0.29, 0.717) is 17.9 Å². The van der Waals surface area contributed by atoms with E-state index in [0.717, 1.165) is 16.7 Å². The van der Waals surface area contributed by atoms with Crippen molar-refractivity contribution in [2.24, 2.45) is 0 Å². The van der Waals surface area contributed by atoms with E-state index < -0.39 is 12.7 Å². The average Bonchev–Trinajstić information content (AvgIpc) is 2.72. The van der Waals surface area contributed by atoms with Crippen LogP contribution in [0.1, 0.15) is 29.2 Å². The molecule has 0 saturated carbocycles. The first-order valence-electron chi connectivity index (χ1n) is 9.15. The van der Waals surface area contributed by atoms with Crippen LogP contribution >= 0.6 is 11.6 Å². The van der Waals surface area contributed by atoms with E-state index in [1.54, 1.807) is 24.3 Å². The summed E-state index contributed by atoms with van der Waals surface area (Å²) in [5, 5.41) is 3.69. The monoisotopic (exact) mass is 415 g/mol. The Labute approximate surface area is 173 Å². The summed E-state index contributed by atoms with van der Waals surface area (Å²) in [4.78, 5) is 12.6. The van der Waals surface area contributed by atoms with Gasteiger partial charge >= 0.3 is 6.61 Å². The molecule has 0 aliphatic rings. The zero-order chi connectivity index (χ0) is 20.6. The minimum absolute atomic E-state index is 0.0737. The van der Waals surface area contributed by atoms with Crippen LogP contribution in [0.5, 0.6) is 5.75 Å². The van der Waals surface area contributed by atoms with Gasteiger partial charge in [-0.1, -0.05) is 66.2 Å². The minimum Gasteiger partial charge on any atom is -0.435 e. The molecule has 0 fully saturated rings. The van der Waals surface area contributed by atoms with Crippen LogP contribution in [0.15, 0.2) is 78.9 Å². The molecule has 1 N–H and O–H groups in total. The van der Waals surface area contributed by atoms with Gasteiger partial charge in [0.05, 0.1) is 6.04 Å². The summed E-state index contributed by atoms with van der Waals surface area (Å²) in [6, 6.07) is 22.8. The van der Waals surface area contributed by atoms with Crippen molar-refractivity contribution in [1.82, 2.24) is 5.32 Å². The normalized spacial score (nSPS) is 11.9. The second kappa shape index (κ2) is 10.0. The van der Waals surface area contributed by atoms with E-state index in [-0.39, 0.29) is 11.7 Å². The van der Waals surface area contributed by atoms with Crippen molar-refractivity contribution in [2.75, 3.05) is 0 Å². The molecule has 0 aliphatic carbocycles. The summed E-state index contributed by atoms with van der Waals surface area (Å²) in [6.45, 7) is -2.88. The zero-order valence-corrected chi connectivity index (χ0v) is 16.3. The second-order valence-electron chi connectivity index (χ2n) is 6.49. The number of ether oxygens (including phenoxy) is 1. The largest absolute Gasteiger partial charge is 0.435 e. The number of nitrogens with one attached hydrogen (secondary N) is 1. The van der Waals surface area contributed by atoms with Crippen LogP contribution in [0.4, 0.5) is 8.78 Å². The van der Waals surface area contributed by atoms with E-state index in [4.69, 9.17) is 11.6 Å². The van der Waals surface area contributed by atoms with Gasteiger partial charge in [-0.25, -0.2) is 0 Å². The van der Waals surface area contributed by atoms with Crippen LogP contribution in [-0.2, 0) is 11.2 Å². The SMILES string of the molecule is O=C(CCc1ccc(Cl)cc1)NC(c1ccccc1)c1ccc(OC(F)F)cc1. The molecule has 3 aromatic carbocycles. The lowest BCUT2D eigenvalue weighted by Crippen LogP contribution is -2.29. The zero-order valence-electron chi connectivity index (χ0n) is 15.5. The van der Waals surface area contributed by atoms with Gasteiger partial charge in [0.15, 0.2) is 0 Å². The maximum absolute atomic E-state index is 12.6. The van der Waals surface area contributed by atoms with E-state index in [2.05, 4.69) is 10.1 Å². The maximum atomic E-state index is 12.6. The molecule has 1 unspecified atom stereocenters. The number of halogens is 3. The summed E-state index contributed by atoms with van der Waals surface area (Å²) >= 11 is 5.89. The molecule has 0 aromatic heterocycles. The lowest BCUT2D eigenvalue weighted by atomic mass is 9.98. The van der Waals surface area contributed by atoms with Gasteiger partial charge in [-0.05, 0) is 47.4 Å². The number of hydrogen-bond acceptors (Lipinski definition) is 2. The lowest BCUT2D eigenvalue weighted by molar-refractivity contribution is -0.121. The van der Waals surface area contributed by atoms with E-state index in [1.807, 2.05) is 42.5 Å². The number of aryl methyl sites for hydroxylation is 1. The topological polar surface area (TPSA) is 38.3 Å². The summed E-state index contributed by atoms with van der Waals surface area (Å²) in [7, 11) is 0. The molecule has 6 heteroatoms. The molecule has 1 atom stereocenters. The van der Waals surface area contributed by atoms with Gasteiger partial charge in [0.2, 0.25) is 5.91 Å². The van der Waals surface area contributed by atoms with E-state index in [9.17, 15) is 13.6 Å². The molecular formula is C23H20ClF2NO2. The molecule has 0 bridgehead atoms. The van der Waals surface area contributed by atoms with Crippen molar-refractivity contribution in [3.8, 4) is 5.75 Å². The average molecular weight is 416 g/mol. The highest BCUT2D eigenvalue weighted by Gasteiger charge is 2.17. The van der Waals surface area contributed by atoms with Crippen molar-refractivity contribution in [2.45, 2.75) is 25.5 Å². The highest BCUT2D eigenvalue weighted by Crippen LogP contribution is 2.25. The maximum Gasteiger partial charge on any atom is 0.387 e. The predicted octanol–water partition coefficient (Wildman–Crippen LogP) is 5.78. The van der Waals surface area contributed by atoms with Crippen LogP contribution in [-0.4, -0.2) is 12.5 Å². The van der Waals surface area contributed by atoms with Gasteiger partial charge in [0.1, 0.15) is 5.75 Å². The Morgan fingerprint density at radius 2 is 1.52 bits per heavy atom. The van der Waals surface area contributed by atoms with Crippen molar-refractivity contribution >= 4 is 17.5 Å². The van der Waals surface area contributed by atoms with Gasteiger partial charge in [0, 0.05) is 11.4 Å². The van der Waals surface area contributed by atoms with Crippen LogP contribution < -0.4 is 10.1 Å². The number of carbonyl (C=O) groups is 1. The third-order valence-electron chi connectivity index (χ3n) is 4.43. The number of benzene rings is 3. The Balaban J connectivity index is 1.72. The summed E-state index contributed by atoms with van der Waals surface area (Å²) in [5.41, 5.74) is 2.70. The quantitative estimate of drug-likeness (QED) is 0.506. The highest BCUT2D eigenvalue weighted by molar-refractivity contribution is 6.30. The molecule has 3 nitrogen and oxygen atoms in total. The van der Waals surface area contributed by atoms with Gasteiger partial charge < -0.3 is 10.1 Å². The van der Waals surface area contributed by atoms with Gasteiger partial charge in [-0.15, -0.1) is 0 Å². The number of alkyl halides is 2. The molecular weight excluding hydrogens is 396 g/mol. The highest BCUT2D eigenvalue weighted by atomic mass is 35.5. The van der Waals surface area contributed by atoms with Crippen molar-refractivity contribution in [3.63, 3.8) is 0 Å². The van der Waals surface area contributed by atoms with Crippen LogP contribution in [0.3, 0.4) is 0 Å². The molecule has 150 valence electrons. The molecule has 0 aliphatic heterocycles. The molecule has 0 radical (unpaired) electrons. The Morgan fingerprint density at radius 1 is 0.897 bits per heavy atom. The first kappa shape index (κ1) is 20.8. The van der Waals surface area contributed by atoms with E-state index in [1.165, 1.54) is 12.1 Å². The van der Waals surface area contributed by atoms with Gasteiger partial charge in [0.25, 0.3) is 0 Å². The van der Waals surface area contributed by atoms with Crippen LogP contribution in [0, 0.1) is 0 Å². The fraction of sp³-hybridized carbons (Fsp3) is 0.174. The molecule has 3 aromatic rings. The fourth-order valence-corrected chi connectivity index (χ4v) is 3.11. The second-order valence-corrected chi connectivity index (χ2v) is 6.92. The van der Waals surface area contributed by atoms with Crippen LogP contribution in [0.25, 0.3) is 0 Å². The summed E-state index contributed by atoms with van der Waals surface area (Å²) in [6.07, 6.45) is 0.906. The molecule has 0 heterocycles. The standard InChI is InChI=1S/C23H20ClF2NO2/c24-19-11-6-16(7-12-19)8-15-21(28)27-22(17-4-2-1-3-5-17)18-9-13-20(14-10-18)29-23(25)26/h1-7,9-14,22-23H,8,15H2,(H,27,28). The number of rotatable bonds is 8. The third-order valence-corrected chi connectivity index (χ3v) is 4.68. The van der Waals surface area contributed by atoms with Crippen LogP contribution in [0.2, 0.25) is 5.02 Å². The number of amides is 1. The molecule has 3 rings (SSSR count). The predicted molar refractivity (Wildman–Crippen MR) is 109 cm³/mol. The summed E-state index contributed by atoms with van der Waals surface area (Å²) in [5.74, 6) is -0.0358. The summed E-state index contributed by atoms with van der Waals surface area (Å²) < 4.78 is 29.2. The van der Waals surface area contributed by atoms with Gasteiger partial charge in [-0.3, -0.25) is 4.79 Å². The first-order valence-corrected chi connectivity index (χ1v) is 9.52. The van der Waals surface area contributed by atoms with Crippen molar-refractivity contribution in [3.05, 3.63) is 101 Å². The Hall–Kier alpha value is -2.92. The molecule has 1 amide bonds. The molecule has 0 spiro atoms. The van der Waals surface area contributed by atoms with Gasteiger partial charge in [-0.2, -0.15) is 8.78 Å². The Morgan fingerprint density at radius 3 is 2.14 bits per heavy atom. The number of carbonyl (C=O) groups excluding carboxylic acids is 1. The Bertz CT molecular complexity index is 916. The van der Waals surface area contributed by atoms with Crippen molar-refractivity contribution in [1.29, 1.82) is 0 Å². The number of hydrogen-bond donors (Lipinski definition) is 1. The first-order chi connectivity index (χ1) is 14.0. The van der Waals surface area contributed by atoms with Crippen molar-refractivity contribution < 1.29 is 18.3 Å².